The molecule has 19 heavy (non-hydrogen) atoms. The maximum absolute atomic E-state index is 11.7. The minimum absolute atomic E-state index is 0.175. The first-order valence-electron chi connectivity index (χ1n) is 5.61. The Morgan fingerprint density at radius 2 is 2.16 bits per heavy atom. The molecule has 0 radical (unpaired) electrons. The fourth-order valence-corrected chi connectivity index (χ4v) is 1.72. The number of rotatable bonds is 7. The lowest BCUT2D eigenvalue weighted by Gasteiger charge is -2.13. The topological polar surface area (TPSA) is 88.9 Å². The molecule has 1 aromatic heterocycles. The molecule has 0 aromatic carbocycles. The molecular formula is C11H18N2O5S. The van der Waals surface area contributed by atoms with Crippen LogP contribution in [0, 0.1) is 0 Å². The summed E-state index contributed by atoms with van der Waals surface area (Å²) in [6, 6.07) is 3.20. The van der Waals surface area contributed by atoms with E-state index in [4.69, 9.17) is 9.15 Å². The molecule has 0 atom stereocenters. The van der Waals surface area contributed by atoms with Crippen molar-refractivity contribution in [3.05, 3.63) is 23.7 Å². The first-order chi connectivity index (χ1) is 8.84. The Morgan fingerprint density at radius 1 is 1.47 bits per heavy atom. The van der Waals surface area contributed by atoms with Gasteiger partial charge >= 0.3 is 0 Å². The number of carbonyl (C=O) groups is 1. The summed E-state index contributed by atoms with van der Waals surface area (Å²) in [6.45, 7) is 0.711. The second-order valence-corrected chi connectivity index (χ2v) is 6.13. The van der Waals surface area contributed by atoms with Gasteiger partial charge in [0.1, 0.15) is 12.4 Å². The summed E-state index contributed by atoms with van der Waals surface area (Å²) in [5, 5.41) is 2.58. The van der Waals surface area contributed by atoms with E-state index >= 15 is 0 Å². The molecule has 7 nitrogen and oxygen atoms in total. The molecule has 0 aliphatic heterocycles. The molecule has 0 unspecified atom stereocenters. The smallest absolute Gasteiger partial charge is 0.287 e. The highest BCUT2D eigenvalue weighted by Gasteiger charge is 2.13. The normalized spacial score (nSPS) is 11.8. The van der Waals surface area contributed by atoms with Gasteiger partial charge in [-0.15, -0.1) is 0 Å². The van der Waals surface area contributed by atoms with Crippen molar-refractivity contribution in [2.75, 3.05) is 33.5 Å². The Morgan fingerprint density at radius 3 is 2.74 bits per heavy atom. The van der Waals surface area contributed by atoms with E-state index in [2.05, 4.69) is 5.32 Å². The van der Waals surface area contributed by atoms with E-state index < -0.39 is 10.0 Å². The van der Waals surface area contributed by atoms with Crippen LogP contribution in [0.4, 0.5) is 0 Å². The van der Waals surface area contributed by atoms with Gasteiger partial charge in [0.05, 0.1) is 6.26 Å². The lowest BCUT2D eigenvalue weighted by molar-refractivity contribution is 0.0916. The largest absolute Gasteiger partial charge is 0.453 e. The zero-order valence-corrected chi connectivity index (χ0v) is 12.0. The molecule has 0 saturated heterocycles. The Kier molecular flexibility index (Phi) is 5.52. The van der Waals surface area contributed by atoms with Gasteiger partial charge < -0.3 is 14.5 Å². The maximum Gasteiger partial charge on any atom is 0.287 e. The summed E-state index contributed by atoms with van der Waals surface area (Å²) in [5.41, 5.74) is 0. The van der Waals surface area contributed by atoms with Gasteiger partial charge in [-0.25, -0.2) is 12.7 Å². The first-order valence-corrected chi connectivity index (χ1v) is 7.46. The fraction of sp³-hybridized carbons (Fsp3) is 0.545. The molecule has 1 aromatic rings. The monoisotopic (exact) mass is 290 g/mol. The van der Waals surface area contributed by atoms with Gasteiger partial charge in [-0.05, 0) is 12.1 Å². The summed E-state index contributed by atoms with van der Waals surface area (Å²) in [7, 11) is -0.246. The molecule has 1 amide bonds. The fourth-order valence-electron chi connectivity index (χ4n) is 1.30. The SMILES string of the molecule is COCc1ccc(C(=O)NCCN(C)S(C)(=O)=O)o1. The van der Waals surface area contributed by atoms with Crippen molar-refractivity contribution in [3.63, 3.8) is 0 Å². The van der Waals surface area contributed by atoms with Crippen molar-refractivity contribution in [1.82, 2.24) is 9.62 Å². The average Bonchev–Trinajstić information content (AvgIpc) is 2.76. The summed E-state index contributed by atoms with van der Waals surface area (Å²) in [5.74, 6) is 0.346. The van der Waals surface area contributed by atoms with E-state index in [1.54, 1.807) is 12.1 Å². The number of carbonyl (C=O) groups excluding carboxylic acids is 1. The van der Waals surface area contributed by atoms with Crippen LogP contribution in [0.3, 0.4) is 0 Å². The van der Waals surface area contributed by atoms with Gasteiger partial charge in [0.25, 0.3) is 5.91 Å². The zero-order chi connectivity index (χ0) is 14.5. The number of amides is 1. The number of furan rings is 1. The Bertz CT molecular complexity index is 523. The number of likely N-dealkylation sites (N-methyl/N-ethyl adjacent to an activating group) is 1. The Labute approximate surface area is 112 Å². The van der Waals surface area contributed by atoms with Crippen molar-refractivity contribution in [2.45, 2.75) is 6.61 Å². The van der Waals surface area contributed by atoms with Crippen LogP contribution in [0.25, 0.3) is 0 Å². The predicted molar refractivity (Wildman–Crippen MR) is 69.2 cm³/mol. The van der Waals surface area contributed by atoms with Gasteiger partial charge in [0.2, 0.25) is 10.0 Å². The second-order valence-electron chi connectivity index (χ2n) is 4.04. The number of nitrogens with zero attached hydrogens (tertiary/aromatic N) is 1. The van der Waals surface area contributed by atoms with E-state index in [0.717, 1.165) is 10.6 Å². The molecule has 0 fully saturated rings. The van der Waals surface area contributed by atoms with Crippen molar-refractivity contribution in [3.8, 4) is 0 Å². The predicted octanol–water partition coefficient (Wildman–Crippen LogP) is 0.0472. The molecule has 1 N–H and O–H groups in total. The molecule has 0 saturated carbocycles. The first kappa shape index (κ1) is 15.7. The Hall–Kier alpha value is -1.38. The van der Waals surface area contributed by atoms with Crippen LogP contribution in [0.5, 0.6) is 0 Å². The summed E-state index contributed by atoms with van der Waals surface area (Å²) >= 11 is 0. The van der Waals surface area contributed by atoms with Crippen LogP contribution >= 0.6 is 0 Å². The van der Waals surface area contributed by atoms with E-state index in [0.29, 0.717) is 12.4 Å². The van der Waals surface area contributed by atoms with Crippen molar-refractivity contribution in [1.29, 1.82) is 0 Å². The number of nitrogens with one attached hydrogen (secondary N) is 1. The lowest BCUT2D eigenvalue weighted by atomic mass is 10.4. The van der Waals surface area contributed by atoms with Crippen molar-refractivity contribution in [2.24, 2.45) is 0 Å². The molecule has 1 rings (SSSR count). The van der Waals surface area contributed by atoms with Gasteiger partial charge in [0.15, 0.2) is 5.76 Å². The van der Waals surface area contributed by atoms with Crippen molar-refractivity contribution < 1.29 is 22.4 Å². The van der Waals surface area contributed by atoms with Gasteiger partial charge in [-0.3, -0.25) is 4.79 Å². The van der Waals surface area contributed by atoms with Crippen LogP contribution in [0.1, 0.15) is 16.3 Å². The minimum atomic E-state index is -3.23. The molecule has 0 bridgehead atoms. The highest BCUT2D eigenvalue weighted by atomic mass is 32.2. The number of hydrogen-bond donors (Lipinski definition) is 1. The van der Waals surface area contributed by atoms with Gasteiger partial charge in [0, 0.05) is 27.2 Å². The highest BCUT2D eigenvalue weighted by Crippen LogP contribution is 2.08. The molecule has 1 heterocycles. The van der Waals surface area contributed by atoms with E-state index in [1.807, 2.05) is 0 Å². The van der Waals surface area contributed by atoms with Crippen LogP contribution in [0.2, 0.25) is 0 Å². The van der Waals surface area contributed by atoms with Crippen LogP contribution in [-0.2, 0) is 21.4 Å². The van der Waals surface area contributed by atoms with Crippen LogP contribution < -0.4 is 5.32 Å². The van der Waals surface area contributed by atoms with E-state index in [-0.39, 0.29) is 24.8 Å². The van der Waals surface area contributed by atoms with Crippen molar-refractivity contribution >= 4 is 15.9 Å². The molecule has 0 spiro atoms. The average molecular weight is 290 g/mol. The van der Waals surface area contributed by atoms with E-state index in [9.17, 15) is 13.2 Å². The lowest BCUT2D eigenvalue weighted by Crippen LogP contribution is -2.35. The minimum Gasteiger partial charge on any atom is -0.453 e. The van der Waals surface area contributed by atoms with Gasteiger partial charge in [-0.1, -0.05) is 0 Å². The number of ether oxygens (including phenoxy) is 1. The summed E-state index contributed by atoms with van der Waals surface area (Å²) in [4.78, 5) is 11.7. The third kappa shape index (κ3) is 5.01. The second kappa shape index (κ2) is 6.69. The van der Waals surface area contributed by atoms with Gasteiger partial charge in [-0.2, -0.15) is 0 Å². The quantitative estimate of drug-likeness (QED) is 0.766. The third-order valence-corrected chi connectivity index (χ3v) is 3.77. The molecule has 8 heteroatoms. The molecule has 0 aliphatic rings. The van der Waals surface area contributed by atoms with Crippen LogP contribution in [-0.4, -0.2) is 52.1 Å². The highest BCUT2D eigenvalue weighted by molar-refractivity contribution is 7.88. The standard InChI is InChI=1S/C11H18N2O5S/c1-13(19(3,15)16)7-6-12-11(14)10-5-4-9(18-10)8-17-2/h4-5H,6-8H2,1-3H3,(H,12,14). The summed E-state index contributed by atoms with van der Waals surface area (Å²) in [6.07, 6.45) is 1.11. The zero-order valence-electron chi connectivity index (χ0n) is 11.2. The van der Waals surface area contributed by atoms with Crippen LogP contribution in [0.15, 0.2) is 16.5 Å². The number of sulfonamides is 1. The number of hydrogen-bond acceptors (Lipinski definition) is 5. The summed E-state index contributed by atoms with van der Waals surface area (Å²) < 4.78 is 33.5. The third-order valence-electron chi connectivity index (χ3n) is 2.45. The molecule has 0 aliphatic carbocycles. The molecular weight excluding hydrogens is 272 g/mol. The Balaban J connectivity index is 2.43. The maximum atomic E-state index is 11.7. The number of methoxy groups -OCH3 is 1. The van der Waals surface area contributed by atoms with E-state index in [1.165, 1.54) is 14.2 Å². The molecule has 108 valence electrons.